The van der Waals surface area contributed by atoms with Crippen LogP contribution < -0.4 is 4.57 Å². The van der Waals surface area contributed by atoms with E-state index < -0.39 is 0 Å². The van der Waals surface area contributed by atoms with E-state index in [2.05, 4.69) is 0 Å². The monoisotopic (exact) mass is 198 g/mol. The molecule has 0 bridgehead atoms. The summed E-state index contributed by atoms with van der Waals surface area (Å²) in [5.41, 5.74) is 1.45. The van der Waals surface area contributed by atoms with Gasteiger partial charge in [-0.25, -0.2) is 4.57 Å². The number of hydrogen-bond acceptors (Lipinski definition) is 1. The van der Waals surface area contributed by atoms with Crippen LogP contribution in [0.25, 0.3) is 0 Å². The maximum absolute atomic E-state index is 11.9. The molecule has 0 saturated heterocycles. The van der Waals surface area contributed by atoms with E-state index in [1.165, 1.54) is 0 Å². The zero-order valence-electron chi connectivity index (χ0n) is 8.55. The Morgan fingerprint density at radius 2 is 1.47 bits per heavy atom. The molecule has 2 aromatic rings. The molecule has 0 aliphatic carbocycles. The van der Waals surface area contributed by atoms with Crippen LogP contribution in [0, 0.1) is 0 Å². The Balaban J connectivity index is 2.33. The summed E-state index contributed by atoms with van der Waals surface area (Å²) in [6.45, 7) is 0. The van der Waals surface area contributed by atoms with Gasteiger partial charge in [0.05, 0.1) is 0 Å². The minimum absolute atomic E-state index is 0.0659. The highest BCUT2D eigenvalue weighted by Gasteiger charge is 2.08. The van der Waals surface area contributed by atoms with Crippen LogP contribution in [0.4, 0.5) is 0 Å². The van der Waals surface area contributed by atoms with E-state index in [-0.39, 0.29) is 5.78 Å². The van der Waals surface area contributed by atoms with Gasteiger partial charge in [0.1, 0.15) is 7.05 Å². The minimum atomic E-state index is 0.0659. The van der Waals surface area contributed by atoms with Crippen LogP contribution in [0.15, 0.2) is 54.9 Å². The van der Waals surface area contributed by atoms with Gasteiger partial charge in [0.15, 0.2) is 18.2 Å². The lowest BCUT2D eigenvalue weighted by Crippen LogP contribution is -2.26. The van der Waals surface area contributed by atoms with E-state index >= 15 is 0 Å². The SMILES string of the molecule is C[n+]1ccc(C(=O)c2ccccc2)cc1. The minimum Gasteiger partial charge on any atom is -0.289 e. The summed E-state index contributed by atoms with van der Waals surface area (Å²) < 4.78 is 1.90. The highest BCUT2D eigenvalue weighted by atomic mass is 16.1. The molecule has 0 N–H and O–H groups in total. The van der Waals surface area contributed by atoms with Crippen LogP contribution in [-0.2, 0) is 7.05 Å². The van der Waals surface area contributed by atoms with Crippen molar-refractivity contribution in [1.29, 1.82) is 0 Å². The normalized spacial score (nSPS) is 9.93. The number of nitrogens with zero attached hydrogens (tertiary/aromatic N) is 1. The molecule has 1 aromatic carbocycles. The van der Waals surface area contributed by atoms with Crippen molar-refractivity contribution in [2.75, 3.05) is 0 Å². The molecule has 0 saturated carbocycles. The Bertz CT molecular complexity index is 460. The highest BCUT2D eigenvalue weighted by Crippen LogP contribution is 2.07. The van der Waals surface area contributed by atoms with Crippen molar-refractivity contribution in [3.63, 3.8) is 0 Å². The summed E-state index contributed by atoms with van der Waals surface area (Å²) >= 11 is 0. The molecule has 0 aliphatic rings. The van der Waals surface area contributed by atoms with E-state index in [0.717, 1.165) is 11.1 Å². The van der Waals surface area contributed by atoms with E-state index in [0.29, 0.717) is 0 Å². The zero-order valence-corrected chi connectivity index (χ0v) is 8.55. The molecule has 2 nitrogen and oxygen atoms in total. The van der Waals surface area contributed by atoms with Crippen molar-refractivity contribution in [2.45, 2.75) is 0 Å². The molecule has 0 amide bonds. The van der Waals surface area contributed by atoms with Crippen LogP contribution in [-0.4, -0.2) is 5.78 Å². The number of ketones is 1. The fraction of sp³-hybridized carbons (Fsp3) is 0.0769. The van der Waals surface area contributed by atoms with Crippen molar-refractivity contribution in [3.8, 4) is 0 Å². The average molecular weight is 198 g/mol. The third-order valence-corrected chi connectivity index (χ3v) is 2.28. The number of pyridine rings is 1. The van der Waals surface area contributed by atoms with Crippen LogP contribution in [0.2, 0.25) is 0 Å². The Morgan fingerprint density at radius 3 is 2.07 bits per heavy atom. The second-order valence-electron chi connectivity index (χ2n) is 3.45. The molecule has 1 aromatic heterocycles. The molecule has 74 valence electrons. The first kappa shape index (κ1) is 9.59. The van der Waals surface area contributed by atoms with Crippen molar-refractivity contribution in [1.82, 2.24) is 0 Å². The van der Waals surface area contributed by atoms with Gasteiger partial charge >= 0.3 is 0 Å². The second kappa shape index (κ2) is 4.05. The predicted octanol–water partition coefficient (Wildman–Crippen LogP) is 1.74. The third kappa shape index (κ3) is 2.10. The van der Waals surface area contributed by atoms with Gasteiger partial charge in [-0.15, -0.1) is 0 Å². The number of aromatic nitrogens is 1. The third-order valence-electron chi connectivity index (χ3n) is 2.28. The summed E-state index contributed by atoms with van der Waals surface area (Å²) in [5, 5.41) is 0. The van der Waals surface area contributed by atoms with Crippen molar-refractivity contribution < 1.29 is 9.36 Å². The number of carbonyl (C=O) groups excluding carboxylic acids is 1. The fourth-order valence-electron chi connectivity index (χ4n) is 1.41. The van der Waals surface area contributed by atoms with Gasteiger partial charge in [-0.3, -0.25) is 4.79 Å². The summed E-state index contributed by atoms with van der Waals surface area (Å²) in [5.74, 6) is 0.0659. The molecule has 0 atom stereocenters. The number of carbonyl (C=O) groups is 1. The molecule has 0 fully saturated rings. The van der Waals surface area contributed by atoms with Gasteiger partial charge in [-0.1, -0.05) is 30.3 Å². The molecule has 15 heavy (non-hydrogen) atoms. The second-order valence-corrected chi connectivity index (χ2v) is 3.45. The molecule has 0 spiro atoms. The van der Waals surface area contributed by atoms with E-state index in [9.17, 15) is 4.79 Å². The number of rotatable bonds is 2. The average Bonchev–Trinajstić information content (AvgIpc) is 2.30. The first-order chi connectivity index (χ1) is 7.27. The number of benzene rings is 1. The first-order valence-corrected chi connectivity index (χ1v) is 4.82. The molecule has 0 unspecified atom stereocenters. The molecule has 2 rings (SSSR count). The summed E-state index contributed by atoms with van der Waals surface area (Å²) in [6, 6.07) is 13.0. The van der Waals surface area contributed by atoms with Crippen molar-refractivity contribution in [2.24, 2.45) is 7.05 Å². The highest BCUT2D eigenvalue weighted by molar-refractivity contribution is 6.08. The fourth-order valence-corrected chi connectivity index (χ4v) is 1.41. The van der Waals surface area contributed by atoms with Crippen LogP contribution >= 0.6 is 0 Å². The van der Waals surface area contributed by atoms with Gasteiger partial charge < -0.3 is 0 Å². The van der Waals surface area contributed by atoms with Gasteiger partial charge in [0, 0.05) is 23.3 Å². The van der Waals surface area contributed by atoms with Crippen LogP contribution in [0.1, 0.15) is 15.9 Å². The van der Waals surface area contributed by atoms with Crippen LogP contribution in [0.3, 0.4) is 0 Å². The lowest BCUT2D eigenvalue weighted by atomic mass is 10.1. The molecule has 0 aliphatic heterocycles. The van der Waals surface area contributed by atoms with E-state index in [1.807, 2.05) is 66.5 Å². The molecule has 0 radical (unpaired) electrons. The molecular weight excluding hydrogens is 186 g/mol. The maximum Gasteiger partial charge on any atom is 0.193 e. The maximum atomic E-state index is 11.9. The van der Waals surface area contributed by atoms with Gasteiger partial charge in [-0.2, -0.15) is 0 Å². The van der Waals surface area contributed by atoms with Crippen molar-refractivity contribution in [3.05, 3.63) is 66.0 Å². The lowest BCUT2D eigenvalue weighted by Gasteiger charge is -1.98. The van der Waals surface area contributed by atoms with E-state index in [4.69, 9.17) is 0 Å². The Hall–Kier alpha value is -1.96. The smallest absolute Gasteiger partial charge is 0.193 e. The summed E-state index contributed by atoms with van der Waals surface area (Å²) in [7, 11) is 1.93. The Kier molecular flexibility index (Phi) is 2.59. The topological polar surface area (TPSA) is 20.9 Å². The summed E-state index contributed by atoms with van der Waals surface area (Å²) in [4.78, 5) is 11.9. The standard InChI is InChI=1S/C13H12NO/c1-14-9-7-12(8-10-14)13(15)11-5-3-2-4-6-11/h2-10H,1H3/q+1. The Labute approximate surface area is 88.8 Å². The molecule has 2 heteroatoms. The van der Waals surface area contributed by atoms with Crippen molar-refractivity contribution >= 4 is 5.78 Å². The predicted molar refractivity (Wildman–Crippen MR) is 57.5 cm³/mol. The molecule has 1 heterocycles. The van der Waals surface area contributed by atoms with Gasteiger partial charge in [0.2, 0.25) is 0 Å². The number of aryl methyl sites for hydroxylation is 1. The largest absolute Gasteiger partial charge is 0.289 e. The van der Waals surface area contributed by atoms with Crippen LogP contribution in [0.5, 0.6) is 0 Å². The zero-order chi connectivity index (χ0) is 10.7. The Morgan fingerprint density at radius 1 is 0.933 bits per heavy atom. The lowest BCUT2D eigenvalue weighted by molar-refractivity contribution is -0.671. The van der Waals surface area contributed by atoms with Gasteiger partial charge in [0.25, 0.3) is 0 Å². The first-order valence-electron chi connectivity index (χ1n) is 4.82. The quantitative estimate of drug-likeness (QED) is 0.532. The number of hydrogen-bond donors (Lipinski definition) is 0. The summed E-state index contributed by atoms with van der Waals surface area (Å²) in [6.07, 6.45) is 3.74. The molecular formula is C13H12NO+. The van der Waals surface area contributed by atoms with Gasteiger partial charge in [-0.05, 0) is 0 Å². The van der Waals surface area contributed by atoms with E-state index in [1.54, 1.807) is 0 Å².